The minimum absolute atomic E-state index is 0.0229. The third kappa shape index (κ3) is 6.99. The van der Waals surface area contributed by atoms with Crippen LogP contribution in [-0.2, 0) is 4.74 Å². The summed E-state index contributed by atoms with van der Waals surface area (Å²) >= 11 is 7.76. The first-order chi connectivity index (χ1) is 21.1. The van der Waals surface area contributed by atoms with Crippen LogP contribution in [0.5, 0.6) is 5.75 Å². The number of methoxy groups -OCH3 is 1. The van der Waals surface area contributed by atoms with Crippen molar-refractivity contribution < 1.29 is 36.6 Å². The Bertz CT molecular complexity index is 1620. The molecule has 45 heavy (non-hydrogen) atoms. The minimum Gasteiger partial charge on any atom is -0.493 e. The lowest BCUT2D eigenvalue weighted by molar-refractivity contribution is -0.0758. The minimum atomic E-state index is -3.30. The van der Waals surface area contributed by atoms with Gasteiger partial charge in [-0.2, -0.15) is 0 Å². The van der Waals surface area contributed by atoms with Gasteiger partial charge in [0.1, 0.15) is 11.4 Å². The molecule has 2 saturated heterocycles. The average Bonchev–Trinajstić information content (AvgIpc) is 3.33. The summed E-state index contributed by atoms with van der Waals surface area (Å²) < 4.78 is 72.4. The maximum Gasteiger partial charge on any atom is 0.410 e. The zero-order valence-corrected chi connectivity index (χ0v) is 27.0. The Morgan fingerprint density at radius 3 is 2.62 bits per heavy atom. The number of aromatic nitrogens is 2. The second-order valence-corrected chi connectivity index (χ2v) is 13.8. The van der Waals surface area contributed by atoms with E-state index in [0.29, 0.717) is 31.6 Å². The highest BCUT2D eigenvalue weighted by Gasteiger charge is 2.45. The molecular weight excluding hydrogens is 637 g/mol. The number of likely N-dealkylation sites (tertiary alicyclic amines) is 1. The van der Waals surface area contributed by atoms with Crippen molar-refractivity contribution in [1.29, 1.82) is 0 Å². The van der Waals surface area contributed by atoms with Crippen molar-refractivity contribution >= 4 is 58.6 Å². The molecule has 1 aromatic carbocycles. The first-order valence-corrected chi connectivity index (χ1v) is 15.5. The highest BCUT2D eigenvalue weighted by molar-refractivity contribution is 8.24. The van der Waals surface area contributed by atoms with E-state index in [2.05, 4.69) is 4.98 Å². The summed E-state index contributed by atoms with van der Waals surface area (Å²) in [5.74, 6) is -5.05. The van der Waals surface area contributed by atoms with Gasteiger partial charge in [-0.1, -0.05) is 23.4 Å². The number of aldehydes is 1. The first-order valence-electron chi connectivity index (χ1n) is 14.3. The lowest BCUT2D eigenvalue weighted by atomic mass is 9.86. The van der Waals surface area contributed by atoms with Crippen LogP contribution in [0.2, 0.25) is 5.02 Å². The Balaban J connectivity index is 1.51. The standard InChI is InChI=1S/C29H33BClF4N5O4S/c1-28(2,3)44-27(42)39-13-17(11-29(34,35)15-39)20-10-22(31)21-9-19(14-41)40(25(21)24(20)33)45-30-16-38(7-6-37(30)4)26-23(43-5)8-18(32)12-36-26/h8-10,12,14,17H,6-7,11,13,15-16H2,1-5H3. The molecule has 5 rings (SSSR count). The van der Waals surface area contributed by atoms with Crippen molar-refractivity contribution in [3.63, 3.8) is 0 Å². The number of pyridine rings is 1. The summed E-state index contributed by atoms with van der Waals surface area (Å²) in [4.78, 5) is 34.0. The molecule has 0 N–H and O–H groups in total. The molecule has 0 bridgehead atoms. The molecule has 2 fully saturated rings. The fourth-order valence-corrected chi connectivity index (χ4v) is 7.17. The number of rotatable bonds is 6. The van der Waals surface area contributed by atoms with E-state index in [9.17, 15) is 22.8 Å². The van der Waals surface area contributed by atoms with E-state index in [0.717, 1.165) is 22.9 Å². The van der Waals surface area contributed by atoms with Crippen molar-refractivity contribution in [2.24, 2.45) is 0 Å². The smallest absolute Gasteiger partial charge is 0.410 e. The number of carbonyl (C=O) groups excluding carboxylic acids is 2. The molecule has 16 heteroatoms. The lowest BCUT2D eigenvalue weighted by Crippen LogP contribution is -2.54. The van der Waals surface area contributed by atoms with Crippen LogP contribution < -0.4 is 9.64 Å². The van der Waals surface area contributed by atoms with E-state index in [1.165, 1.54) is 29.3 Å². The van der Waals surface area contributed by atoms with Gasteiger partial charge in [0.05, 0.1) is 36.1 Å². The molecule has 1 amide bonds. The summed E-state index contributed by atoms with van der Waals surface area (Å²) in [5, 5.41) is 0.330. The maximum atomic E-state index is 16.6. The molecule has 3 aromatic rings. The van der Waals surface area contributed by atoms with Crippen molar-refractivity contribution in [3.8, 4) is 5.75 Å². The fourth-order valence-electron chi connectivity index (χ4n) is 5.65. The Labute approximate surface area is 267 Å². The molecule has 1 unspecified atom stereocenters. The zero-order valence-electron chi connectivity index (χ0n) is 25.5. The molecule has 2 aliphatic rings. The van der Waals surface area contributed by atoms with Crippen LogP contribution in [0.1, 0.15) is 49.2 Å². The quantitative estimate of drug-likeness (QED) is 0.176. The number of carbonyl (C=O) groups is 2. The van der Waals surface area contributed by atoms with E-state index in [-0.39, 0.29) is 45.6 Å². The topological polar surface area (TPSA) is 80.1 Å². The van der Waals surface area contributed by atoms with Crippen LogP contribution in [0, 0.1) is 11.6 Å². The molecule has 242 valence electrons. The molecule has 4 heterocycles. The summed E-state index contributed by atoms with van der Waals surface area (Å²) in [5.41, 5.74) is -0.891. The van der Waals surface area contributed by atoms with Crippen LogP contribution in [0.15, 0.2) is 24.4 Å². The molecule has 0 aliphatic carbocycles. The number of likely N-dealkylation sites (N-methyl/N-ethyl adjacent to an activating group) is 1. The van der Waals surface area contributed by atoms with E-state index in [1.54, 1.807) is 20.8 Å². The Morgan fingerprint density at radius 2 is 1.96 bits per heavy atom. The Kier molecular flexibility index (Phi) is 9.27. The molecular formula is C29H33BClF4N5O4S. The van der Waals surface area contributed by atoms with Gasteiger partial charge in [-0.05, 0) is 45.5 Å². The molecule has 0 spiro atoms. The molecule has 0 radical (unpaired) electrons. The Morgan fingerprint density at radius 1 is 1.22 bits per heavy atom. The number of ether oxygens (including phenoxy) is 2. The summed E-state index contributed by atoms with van der Waals surface area (Å²) in [6, 6.07) is 3.99. The normalized spacial score (nSPS) is 19.2. The fraction of sp³-hybridized carbons (Fsp3) is 0.483. The van der Waals surface area contributed by atoms with Gasteiger partial charge in [-0.25, -0.2) is 27.3 Å². The van der Waals surface area contributed by atoms with Gasteiger partial charge in [0.25, 0.3) is 5.92 Å². The van der Waals surface area contributed by atoms with Gasteiger partial charge in [0.15, 0.2) is 23.7 Å². The van der Waals surface area contributed by atoms with E-state index >= 15 is 4.39 Å². The van der Waals surface area contributed by atoms with Crippen LogP contribution >= 0.6 is 23.4 Å². The molecule has 1 atom stereocenters. The van der Waals surface area contributed by atoms with Crippen LogP contribution in [0.25, 0.3) is 10.9 Å². The van der Waals surface area contributed by atoms with Gasteiger partial charge in [-0.15, -0.1) is 0 Å². The second kappa shape index (κ2) is 12.6. The van der Waals surface area contributed by atoms with E-state index < -0.39 is 48.1 Å². The van der Waals surface area contributed by atoms with Gasteiger partial charge >= 0.3 is 12.2 Å². The van der Waals surface area contributed by atoms with Crippen molar-refractivity contribution in [2.45, 2.75) is 44.6 Å². The molecule has 2 aliphatic heterocycles. The number of amides is 1. The maximum absolute atomic E-state index is 16.6. The highest BCUT2D eigenvalue weighted by atomic mass is 35.5. The number of halogens is 5. The van der Waals surface area contributed by atoms with Gasteiger partial charge in [0, 0.05) is 49.9 Å². The number of alkyl halides is 2. The van der Waals surface area contributed by atoms with Crippen molar-refractivity contribution in [2.75, 3.05) is 51.7 Å². The summed E-state index contributed by atoms with van der Waals surface area (Å²) in [7, 11) is 3.30. The largest absolute Gasteiger partial charge is 0.493 e. The number of fused-ring (bicyclic) bond motifs is 1. The van der Waals surface area contributed by atoms with Gasteiger partial charge in [-0.3, -0.25) is 8.77 Å². The molecule has 2 aromatic heterocycles. The Hall–Kier alpha value is -3.17. The van der Waals surface area contributed by atoms with Crippen molar-refractivity contribution in [1.82, 2.24) is 18.7 Å². The molecule has 9 nitrogen and oxygen atoms in total. The first kappa shape index (κ1) is 33.2. The predicted molar refractivity (Wildman–Crippen MR) is 167 cm³/mol. The van der Waals surface area contributed by atoms with Gasteiger partial charge < -0.3 is 24.1 Å². The molecule has 0 saturated carbocycles. The average molecular weight is 670 g/mol. The monoisotopic (exact) mass is 669 g/mol. The van der Waals surface area contributed by atoms with E-state index in [4.69, 9.17) is 21.1 Å². The number of benzene rings is 1. The van der Waals surface area contributed by atoms with Crippen LogP contribution in [0.4, 0.5) is 28.2 Å². The number of piperidine rings is 1. The van der Waals surface area contributed by atoms with Gasteiger partial charge in [0.2, 0.25) is 0 Å². The third-order valence-electron chi connectivity index (χ3n) is 7.74. The number of hydrogen-bond donors (Lipinski definition) is 0. The highest BCUT2D eigenvalue weighted by Crippen LogP contribution is 2.42. The third-order valence-corrected chi connectivity index (χ3v) is 9.41. The zero-order chi connectivity index (χ0) is 32.8. The summed E-state index contributed by atoms with van der Waals surface area (Å²) in [6.45, 7) is 4.93. The summed E-state index contributed by atoms with van der Waals surface area (Å²) in [6.07, 6.45) is 0.0497. The van der Waals surface area contributed by atoms with Crippen LogP contribution in [-0.4, -0.2) is 95.5 Å². The second-order valence-electron chi connectivity index (χ2n) is 12.3. The van der Waals surface area contributed by atoms with Crippen LogP contribution in [0.3, 0.4) is 0 Å². The number of anilines is 1. The predicted octanol–water partition coefficient (Wildman–Crippen LogP) is 6.12. The lowest BCUT2D eigenvalue weighted by Gasteiger charge is -2.38. The number of hydrogen-bond acceptors (Lipinski definition) is 8. The van der Waals surface area contributed by atoms with E-state index in [1.807, 2.05) is 16.8 Å². The van der Waals surface area contributed by atoms with Crippen molar-refractivity contribution in [3.05, 3.63) is 52.3 Å². The number of nitrogens with zero attached hydrogens (tertiary/aromatic N) is 5. The SMILES string of the molecule is COc1cc(F)cnc1N1CCN(C)B(Sn2c(C=O)cc3c(Cl)cc(C4CN(C(=O)OC(C)(C)C)CC(F)(F)C4)c(F)c32)C1.